The van der Waals surface area contributed by atoms with Gasteiger partial charge in [-0.15, -0.1) is 5.10 Å². The van der Waals surface area contributed by atoms with Crippen LogP contribution >= 0.6 is 0 Å². The molecule has 3 heterocycles. The molecule has 0 saturated carbocycles. The van der Waals surface area contributed by atoms with Gasteiger partial charge in [0.2, 0.25) is 0 Å². The topological polar surface area (TPSA) is 84.3 Å². The van der Waals surface area contributed by atoms with Crippen molar-refractivity contribution in [2.24, 2.45) is 0 Å². The van der Waals surface area contributed by atoms with Crippen LogP contribution in [0.1, 0.15) is 46.2 Å². The Kier molecular flexibility index (Phi) is 5.90. The number of carbonyl (C=O) groups is 1. The lowest BCUT2D eigenvalue weighted by atomic mass is 10.0. The normalized spacial score (nSPS) is 17.7. The molecule has 33 heavy (non-hydrogen) atoms. The molecule has 2 aromatic heterocycles. The van der Waals surface area contributed by atoms with Gasteiger partial charge in [0, 0.05) is 37.7 Å². The van der Waals surface area contributed by atoms with E-state index in [-0.39, 0.29) is 11.7 Å². The second-order valence-electron chi connectivity index (χ2n) is 8.68. The number of hydrogen-bond acceptors (Lipinski definition) is 8. The molecule has 0 bridgehead atoms. The van der Waals surface area contributed by atoms with Crippen molar-refractivity contribution in [3.8, 4) is 0 Å². The van der Waals surface area contributed by atoms with E-state index in [0.717, 1.165) is 62.6 Å². The van der Waals surface area contributed by atoms with Crippen LogP contribution in [0, 0.1) is 0 Å². The number of hydrogen-bond donors (Lipinski definition) is 0. The number of carbonyl (C=O) groups excluding carboxylic acids is 1. The van der Waals surface area contributed by atoms with Gasteiger partial charge in [-0.25, -0.2) is 14.8 Å². The highest BCUT2D eigenvalue weighted by molar-refractivity contribution is 5.86. The number of esters is 1. The molecule has 1 aliphatic heterocycles. The van der Waals surface area contributed by atoms with E-state index in [9.17, 15) is 4.79 Å². The molecule has 170 valence electrons. The maximum Gasteiger partial charge on any atom is 0.358 e. The summed E-state index contributed by atoms with van der Waals surface area (Å²) in [5, 5.41) is 9.41. The highest BCUT2D eigenvalue weighted by Crippen LogP contribution is 2.33. The van der Waals surface area contributed by atoms with Crippen molar-refractivity contribution in [3.63, 3.8) is 0 Å². The number of aromatic nitrogens is 4. The van der Waals surface area contributed by atoms with Gasteiger partial charge >= 0.3 is 5.97 Å². The van der Waals surface area contributed by atoms with Gasteiger partial charge in [0.05, 0.1) is 25.2 Å². The first-order chi connectivity index (χ1) is 16.1. The van der Waals surface area contributed by atoms with Crippen molar-refractivity contribution in [2.75, 3.05) is 36.5 Å². The molecule has 3 aromatic rings. The van der Waals surface area contributed by atoms with Crippen molar-refractivity contribution < 1.29 is 9.53 Å². The maximum atomic E-state index is 11.6. The lowest BCUT2D eigenvalue weighted by molar-refractivity contribution is 0.0593. The number of rotatable bonds is 5. The van der Waals surface area contributed by atoms with E-state index < -0.39 is 5.97 Å². The standard InChI is InChI=1S/C25H28N6O2/c1-17-16-30(11-12-31(17)23-15-26-22(14-27-23)25(32)33-2)24-20-10-6-9-19(20)21(28-29-24)13-18-7-4-3-5-8-18/h3-5,7-8,14-15,17H,6,9-13,16H2,1-2H3/t17-/m1/s1. The molecule has 1 saturated heterocycles. The fourth-order valence-corrected chi connectivity index (χ4v) is 4.89. The van der Waals surface area contributed by atoms with E-state index in [1.165, 1.54) is 30.0 Å². The molecular weight excluding hydrogens is 416 g/mol. The Hall–Kier alpha value is -3.55. The van der Waals surface area contributed by atoms with Crippen LogP contribution in [0.25, 0.3) is 0 Å². The molecule has 0 N–H and O–H groups in total. The van der Waals surface area contributed by atoms with Crippen LogP contribution in [0.4, 0.5) is 11.6 Å². The van der Waals surface area contributed by atoms with Crippen LogP contribution < -0.4 is 9.80 Å². The first kappa shape index (κ1) is 21.3. The number of benzene rings is 1. The van der Waals surface area contributed by atoms with Gasteiger partial charge in [-0.3, -0.25) is 0 Å². The number of piperazine rings is 1. The zero-order valence-electron chi connectivity index (χ0n) is 19.1. The summed E-state index contributed by atoms with van der Waals surface area (Å²) in [6, 6.07) is 10.7. The first-order valence-corrected chi connectivity index (χ1v) is 11.5. The lowest BCUT2D eigenvalue weighted by Crippen LogP contribution is -2.53. The maximum absolute atomic E-state index is 11.6. The summed E-state index contributed by atoms with van der Waals surface area (Å²) in [5.74, 6) is 1.33. The molecular formula is C25H28N6O2. The van der Waals surface area contributed by atoms with Gasteiger partial charge in [-0.05, 0) is 37.3 Å². The van der Waals surface area contributed by atoms with Crippen molar-refractivity contribution in [2.45, 2.75) is 38.6 Å². The van der Waals surface area contributed by atoms with Gasteiger partial charge < -0.3 is 14.5 Å². The third kappa shape index (κ3) is 4.25. The summed E-state index contributed by atoms with van der Waals surface area (Å²) >= 11 is 0. The van der Waals surface area contributed by atoms with Crippen LogP contribution in [0.15, 0.2) is 42.7 Å². The highest BCUT2D eigenvalue weighted by Gasteiger charge is 2.30. The molecule has 1 aliphatic carbocycles. The monoisotopic (exact) mass is 444 g/mol. The molecule has 1 atom stereocenters. The fourth-order valence-electron chi connectivity index (χ4n) is 4.89. The Bertz CT molecular complexity index is 1140. The van der Waals surface area contributed by atoms with Crippen LogP contribution in [-0.4, -0.2) is 58.9 Å². The van der Waals surface area contributed by atoms with E-state index in [0.29, 0.717) is 0 Å². The van der Waals surface area contributed by atoms with Crippen molar-refractivity contribution in [1.82, 2.24) is 20.2 Å². The Morgan fingerprint density at radius 1 is 1.06 bits per heavy atom. The fraction of sp³-hybridized carbons (Fsp3) is 0.400. The minimum absolute atomic E-state index is 0.217. The summed E-state index contributed by atoms with van der Waals surface area (Å²) in [6.45, 7) is 4.65. The van der Waals surface area contributed by atoms with Gasteiger partial charge in [0.15, 0.2) is 11.5 Å². The number of methoxy groups -OCH3 is 1. The van der Waals surface area contributed by atoms with E-state index in [1.807, 2.05) is 6.07 Å². The Morgan fingerprint density at radius 3 is 2.61 bits per heavy atom. The quantitative estimate of drug-likeness (QED) is 0.556. The van der Waals surface area contributed by atoms with Crippen LogP contribution in [0.5, 0.6) is 0 Å². The zero-order chi connectivity index (χ0) is 22.8. The Morgan fingerprint density at radius 2 is 1.88 bits per heavy atom. The predicted molar refractivity (Wildman–Crippen MR) is 126 cm³/mol. The van der Waals surface area contributed by atoms with Crippen LogP contribution in [0.2, 0.25) is 0 Å². The van der Waals surface area contributed by atoms with Crippen LogP contribution in [-0.2, 0) is 24.0 Å². The minimum Gasteiger partial charge on any atom is -0.464 e. The molecule has 5 rings (SSSR count). The second-order valence-corrected chi connectivity index (χ2v) is 8.68. The van der Waals surface area contributed by atoms with Gasteiger partial charge in [-0.2, -0.15) is 5.10 Å². The number of ether oxygens (including phenoxy) is 1. The Balaban J connectivity index is 1.32. The van der Waals surface area contributed by atoms with Crippen molar-refractivity contribution in [1.29, 1.82) is 0 Å². The van der Waals surface area contributed by atoms with Gasteiger partial charge in [0.25, 0.3) is 0 Å². The second kappa shape index (κ2) is 9.13. The van der Waals surface area contributed by atoms with Crippen molar-refractivity contribution in [3.05, 3.63) is 70.8 Å². The zero-order valence-corrected chi connectivity index (χ0v) is 19.1. The summed E-state index contributed by atoms with van der Waals surface area (Å²) in [5.41, 5.74) is 5.37. The minimum atomic E-state index is -0.477. The highest BCUT2D eigenvalue weighted by atomic mass is 16.5. The molecule has 0 amide bonds. The molecule has 2 aliphatic rings. The average molecular weight is 445 g/mol. The van der Waals surface area contributed by atoms with Crippen LogP contribution in [0.3, 0.4) is 0 Å². The van der Waals surface area contributed by atoms with Crippen molar-refractivity contribution >= 4 is 17.6 Å². The van der Waals surface area contributed by atoms with E-state index in [4.69, 9.17) is 9.84 Å². The van der Waals surface area contributed by atoms with Gasteiger partial charge in [0.1, 0.15) is 5.82 Å². The third-order valence-electron chi connectivity index (χ3n) is 6.57. The summed E-state index contributed by atoms with van der Waals surface area (Å²) in [7, 11) is 1.34. The predicted octanol–water partition coefficient (Wildman–Crippen LogP) is 2.85. The SMILES string of the molecule is COC(=O)c1cnc(N2CCN(c3nnc(Cc4ccccc4)c4c3CCC4)C[C@H]2C)cn1. The molecule has 8 nitrogen and oxygen atoms in total. The molecule has 0 spiro atoms. The third-order valence-corrected chi connectivity index (χ3v) is 6.57. The molecule has 0 radical (unpaired) electrons. The van der Waals surface area contributed by atoms with E-state index >= 15 is 0 Å². The number of fused-ring (bicyclic) bond motifs is 1. The molecule has 1 aromatic carbocycles. The summed E-state index contributed by atoms with van der Waals surface area (Å²) < 4.78 is 4.71. The number of nitrogens with zero attached hydrogens (tertiary/aromatic N) is 6. The summed E-state index contributed by atoms with van der Waals surface area (Å²) in [4.78, 5) is 24.9. The smallest absolute Gasteiger partial charge is 0.358 e. The molecule has 1 fully saturated rings. The molecule has 8 heteroatoms. The Labute approximate surface area is 193 Å². The van der Waals surface area contributed by atoms with E-state index in [2.05, 4.69) is 56.1 Å². The number of anilines is 2. The van der Waals surface area contributed by atoms with E-state index in [1.54, 1.807) is 6.20 Å². The summed E-state index contributed by atoms with van der Waals surface area (Å²) in [6.07, 6.45) is 7.27. The average Bonchev–Trinajstić information content (AvgIpc) is 3.35. The largest absolute Gasteiger partial charge is 0.464 e. The lowest BCUT2D eigenvalue weighted by Gasteiger charge is -2.41. The first-order valence-electron chi connectivity index (χ1n) is 11.5. The van der Waals surface area contributed by atoms with Gasteiger partial charge in [-0.1, -0.05) is 30.3 Å². The molecule has 0 unspecified atom stereocenters.